The predicted octanol–water partition coefficient (Wildman–Crippen LogP) is 1.22. The van der Waals surface area contributed by atoms with Crippen molar-refractivity contribution in [3.8, 4) is 0 Å². The molecule has 0 aromatic carbocycles. The number of carbonyl (C=O) groups excluding carboxylic acids is 1. The number of nitrogens with one attached hydrogen (secondary N) is 2. The molecule has 1 aliphatic rings. The first-order valence-electron chi connectivity index (χ1n) is 7.23. The molecule has 0 aliphatic carbocycles. The second-order valence-electron chi connectivity index (χ2n) is 5.71. The average Bonchev–Trinajstić information content (AvgIpc) is 2.35. The summed E-state index contributed by atoms with van der Waals surface area (Å²) in [6, 6.07) is 0.241. The summed E-state index contributed by atoms with van der Waals surface area (Å²) in [5, 5.41) is 6.21. The topological polar surface area (TPSA) is 44.4 Å². The number of nitrogens with zero attached hydrogens (tertiary/aromatic N) is 1. The van der Waals surface area contributed by atoms with Crippen LogP contribution in [0, 0.1) is 5.92 Å². The highest BCUT2D eigenvalue weighted by atomic mass is 16.2. The van der Waals surface area contributed by atoms with Crippen molar-refractivity contribution in [1.82, 2.24) is 15.5 Å². The van der Waals surface area contributed by atoms with Crippen molar-refractivity contribution in [2.75, 3.05) is 26.7 Å². The van der Waals surface area contributed by atoms with Crippen molar-refractivity contribution in [2.45, 2.75) is 52.1 Å². The molecule has 2 N–H and O–H groups in total. The van der Waals surface area contributed by atoms with Gasteiger partial charge in [0.2, 0.25) is 5.91 Å². The summed E-state index contributed by atoms with van der Waals surface area (Å²) in [5.41, 5.74) is 0. The molecule has 1 atom stereocenters. The van der Waals surface area contributed by atoms with Crippen LogP contribution in [0.3, 0.4) is 0 Å². The monoisotopic (exact) mass is 255 g/mol. The number of amides is 1. The molecular weight excluding hydrogens is 226 g/mol. The van der Waals surface area contributed by atoms with Gasteiger partial charge in [-0.05, 0) is 72.6 Å². The highest BCUT2D eigenvalue weighted by Gasteiger charge is 2.26. The molecule has 0 aromatic heterocycles. The molecule has 4 nitrogen and oxygen atoms in total. The van der Waals surface area contributed by atoms with Crippen LogP contribution in [0.1, 0.15) is 40.0 Å². The van der Waals surface area contributed by atoms with E-state index in [2.05, 4.69) is 15.5 Å². The van der Waals surface area contributed by atoms with E-state index >= 15 is 0 Å². The van der Waals surface area contributed by atoms with Gasteiger partial charge in [0, 0.05) is 6.04 Å². The van der Waals surface area contributed by atoms with Crippen LogP contribution < -0.4 is 10.6 Å². The molecule has 1 rings (SSSR count). The van der Waals surface area contributed by atoms with E-state index < -0.39 is 0 Å². The summed E-state index contributed by atoms with van der Waals surface area (Å²) < 4.78 is 0. The molecule has 1 fully saturated rings. The Morgan fingerprint density at radius 3 is 2.39 bits per heavy atom. The Morgan fingerprint density at radius 1 is 1.28 bits per heavy atom. The van der Waals surface area contributed by atoms with Crippen molar-refractivity contribution >= 4 is 5.91 Å². The van der Waals surface area contributed by atoms with E-state index in [1.165, 1.54) is 19.3 Å². The van der Waals surface area contributed by atoms with Gasteiger partial charge in [-0.3, -0.25) is 9.69 Å². The lowest BCUT2D eigenvalue weighted by atomic mass is 9.93. The number of rotatable bonds is 6. The normalized spacial score (nSPS) is 20.1. The molecule has 1 heterocycles. The van der Waals surface area contributed by atoms with Crippen LogP contribution >= 0.6 is 0 Å². The number of carbonyl (C=O) groups is 1. The highest BCUT2D eigenvalue weighted by Crippen LogP contribution is 2.21. The van der Waals surface area contributed by atoms with Gasteiger partial charge in [0.1, 0.15) is 0 Å². The Hall–Kier alpha value is -0.610. The molecule has 0 spiro atoms. The van der Waals surface area contributed by atoms with Gasteiger partial charge >= 0.3 is 0 Å². The smallest absolute Gasteiger partial charge is 0.237 e. The predicted molar refractivity (Wildman–Crippen MR) is 75.6 cm³/mol. The maximum absolute atomic E-state index is 11.9. The number of piperidine rings is 1. The fourth-order valence-corrected chi connectivity index (χ4v) is 2.55. The zero-order chi connectivity index (χ0) is 13.5. The molecule has 1 amide bonds. The quantitative estimate of drug-likeness (QED) is 0.750. The van der Waals surface area contributed by atoms with Crippen LogP contribution in [0.4, 0.5) is 0 Å². The fraction of sp³-hybridized carbons (Fsp3) is 0.929. The van der Waals surface area contributed by atoms with E-state index in [0.717, 1.165) is 25.6 Å². The zero-order valence-electron chi connectivity index (χ0n) is 12.3. The van der Waals surface area contributed by atoms with Gasteiger partial charge in [0.15, 0.2) is 0 Å². The maximum Gasteiger partial charge on any atom is 0.237 e. The summed E-state index contributed by atoms with van der Waals surface area (Å²) >= 11 is 0. The molecule has 1 aliphatic heterocycles. The van der Waals surface area contributed by atoms with E-state index in [1.807, 2.05) is 27.8 Å². The minimum absolute atomic E-state index is 0.0117. The fourth-order valence-electron chi connectivity index (χ4n) is 2.55. The second kappa shape index (κ2) is 7.74. The van der Waals surface area contributed by atoms with E-state index in [9.17, 15) is 4.79 Å². The van der Waals surface area contributed by atoms with Crippen molar-refractivity contribution in [1.29, 1.82) is 0 Å². The summed E-state index contributed by atoms with van der Waals surface area (Å²) in [6.07, 6.45) is 3.71. The van der Waals surface area contributed by atoms with Crippen LogP contribution in [0.2, 0.25) is 0 Å². The van der Waals surface area contributed by atoms with Crippen LogP contribution in [0.5, 0.6) is 0 Å². The van der Waals surface area contributed by atoms with Crippen molar-refractivity contribution in [2.24, 2.45) is 5.92 Å². The Labute approximate surface area is 111 Å². The third-order valence-electron chi connectivity index (χ3n) is 3.81. The van der Waals surface area contributed by atoms with Gasteiger partial charge in [-0.2, -0.15) is 0 Å². The first-order chi connectivity index (χ1) is 8.54. The van der Waals surface area contributed by atoms with Gasteiger partial charge in [-0.1, -0.05) is 0 Å². The third kappa shape index (κ3) is 4.94. The first kappa shape index (κ1) is 15.4. The van der Waals surface area contributed by atoms with Gasteiger partial charge in [-0.15, -0.1) is 0 Å². The Morgan fingerprint density at radius 2 is 1.89 bits per heavy atom. The average molecular weight is 255 g/mol. The van der Waals surface area contributed by atoms with Gasteiger partial charge in [-0.25, -0.2) is 0 Å². The van der Waals surface area contributed by atoms with Gasteiger partial charge < -0.3 is 10.6 Å². The lowest BCUT2D eigenvalue weighted by molar-refractivity contribution is -0.126. The van der Waals surface area contributed by atoms with Crippen LogP contribution in [0.15, 0.2) is 0 Å². The van der Waals surface area contributed by atoms with Crippen LogP contribution in [0.25, 0.3) is 0 Å². The summed E-state index contributed by atoms with van der Waals surface area (Å²) in [7, 11) is 2.01. The molecule has 18 heavy (non-hydrogen) atoms. The van der Waals surface area contributed by atoms with E-state index in [1.54, 1.807) is 0 Å². The summed E-state index contributed by atoms with van der Waals surface area (Å²) in [6.45, 7) is 9.25. The van der Waals surface area contributed by atoms with Gasteiger partial charge in [0.25, 0.3) is 0 Å². The van der Waals surface area contributed by atoms with Crippen molar-refractivity contribution < 1.29 is 4.79 Å². The second-order valence-corrected chi connectivity index (χ2v) is 5.71. The zero-order valence-corrected chi connectivity index (χ0v) is 12.3. The van der Waals surface area contributed by atoms with Crippen molar-refractivity contribution in [3.05, 3.63) is 0 Å². The number of likely N-dealkylation sites (tertiary alicyclic amines) is 1. The SMILES string of the molecule is CNCCC1CCN(C(C)C(=O)NC(C)C)CC1. The molecule has 0 aromatic rings. The first-order valence-corrected chi connectivity index (χ1v) is 7.23. The van der Waals surface area contributed by atoms with E-state index in [4.69, 9.17) is 0 Å². The summed E-state index contributed by atoms with van der Waals surface area (Å²) in [5.74, 6) is 0.993. The van der Waals surface area contributed by atoms with Gasteiger partial charge in [0.05, 0.1) is 6.04 Å². The third-order valence-corrected chi connectivity index (χ3v) is 3.81. The van der Waals surface area contributed by atoms with Crippen molar-refractivity contribution in [3.63, 3.8) is 0 Å². The minimum Gasteiger partial charge on any atom is -0.353 e. The van der Waals surface area contributed by atoms with E-state index in [-0.39, 0.29) is 18.0 Å². The Bertz CT molecular complexity index is 247. The molecule has 4 heteroatoms. The molecule has 106 valence electrons. The number of hydrogen-bond donors (Lipinski definition) is 2. The molecular formula is C14H29N3O. The molecule has 1 unspecified atom stereocenters. The lowest BCUT2D eigenvalue weighted by Crippen LogP contribution is -2.49. The molecule has 0 bridgehead atoms. The summed E-state index contributed by atoms with van der Waals surface area (Å²) in [4.78, 5) is 14.3. The van der Waals surface area contributed by atoms with Crippen LogP contribution in [-0.4, -0.2) is 49.6 Å². The Kier molecular flexibility index (Phi) is 6.65. The highest BCUT2D eigenvalue weighted by molar-refractivity contribution is 5.81. The largest absolute Gasteiger partial charge is 0.353 e. The number of hydrogen-bond acceptors (Lipinski definition) is 3. The standard InChI is InChI=1S/C14H29N3O/c1-11(2)16-14(18)12(3)17-9-6-13(7-10-17)5-8-15-4/h11-13,15H,5-10H2,1-4H3,(H,16,18). The molecule has 0 saturated carbocycles. The molecule has 1 saturated heterocycles. The maximum atomic E-state index is 11.9. The molecule has 0 radical (unpaired) electrons. The Balaban J connectivity index is 2.31. The van der Waals surface area contributed by atoms with E-state index in [0.29, 0.717) is 0 Å². The minimum atomic E-state index is 0.0117. The van der Waals surface area contributed by atoms with Crippen LogP contribution in [-0.2, 0) is 4.79 Å². The lowest BCUT2D eigenvalue weighted by Gasteiger charge is -2.35.